The molecule has 27 heavy (non-hydrogen) atoms. The monoisotopic (exact) mass is 483 g/mol. The molecule has 0 aliphatic heterocycles. The molecule has 0 unspecified atom stereocenters. The maximum absolute atomic E-state index is 4.84. The fraction of sp³-hybridized carbons (Fsp3) is 0.476. The largest absolute Gasteiger partial charge is 0.357 e. The first-order valence-electron chi connectivity index (χ1n) is 9.39. The van der Waals surface area contributed by atoms with Gasteiger partial charge in [-0.2, -0.15) is 0 Å². The molecule has 0 amide bonds. The number of nitrogens with one attached hydrogen (secondary N) is 1. The van der Waals surface area contributed by atoms with Crippen molar-refractivity contribution in [3.63, 3.8) is 0 Å². The van der Waals surface area contributed by atoms with Crippen LogP contribution >= 0.6 is 24.0 Å². The summed E-state index contributed by atoms with van der Waals surface area (Å²) in [5.41, 5.74) is 3.85. The number of benzene rings is 1. The average molecular weight is 483 g/mol. The second-order valence-electron chi connectivity index (χ2n) is 6.79. The zero-order chi connectivity index (χ0) is 18.9. The van der Waals surface area contributed by atoms with Gasteiger partial charge in [-0.3, -0.25) is 0 Å². The Morgan fingerprint density at radius 1 is 1.07 bits per heavy atom. The van der Waals surface area contributed by atoms with Crippen molar-refractivity contribution in [2.75, 3.05) is 27.2 Å². The van der Waals surface area contributed by atoms with Crippen LogP contribution in [0, 0.1) is 0 Å². The minimum absolute atomic E-state index is 0. The molecule has 0 spiro atoms. The summed E-state index contributed by atoms with van der Waals surface area (Å²) in [6.45, 7) is 8.68. The van der Waals surface area contributed by atoms with Gasteiger partial charge in [0.2, 0.25) is 0 Å². The molecule has 1 aromatic carbocycles. The Balaban J connectivity index is 0.00000364. The molecule has 0 saturated carbocycles. The lowest BCUT2D eigenvalue weighted by molar-refractivity contribution is 0.345. The van der Waals surface area contributed by atoms with Crippen molar-refractivity contribution in [1.82, 2.24) is 19.7 Å². The molecule has 1 heterocycles. The van der Waals surface area contributed by atoms with Crippen LogP contribution in [0.25, 0.3) is 0 Å². The Hall–Kier alpha value is -1.54. The summed E-state index contributed by atoms with van der Waals surface area (Å²) in [6.07, 6.45) is 2.08. The second-order valence-corrected chi connectivity index (χ2v) is 6.79. The van der Waals surface area contributed by atoms with Gasteiger partial charge in [0.1, 0.15) is 0 Å². The minimum Gasteiger partial charge on any atom is -0.357 e. The van der Waals surface area contributed by atoms with Gasteiger partial charge in [0, 0.05) is 39.1 Å². The highest BCUT2D eigenvalue weighted by Crippen LogP contribution is 2.10. The molecule has 5 nitrogen and oxygen atoms in total. The van der Waals surface area contributed by atoms with Gasteiger partial charge in [0.15, 0.2) is 5.96 Å². The van der Waals surface area contributed by atoms with Crippen LogP contribution in [-0.2, 0) is 26.7 Å². The van der Waals surface area contributed by atoms with Crippen molar-refractivity contribution in [3.8, 4) is 0 Å². The summed E-state index contributed by atoms with van der Waals surface area (Å²) in [5.74, 6) is 0.935. The molecule has 0 aliphatic carbocycles. The third-order valence-electron chi connectivity index (χ3n) is 4.54. The number of aromatic nitrogens is 1. The number of halogens is 1. The quantitative estimate of drug-likeness (QED) is 0.354. The fourth-order valence-electron chi connectivity index (χ4n) is 2.86. The molecular formula is C21H34IN5. The van der Waals surface area contributed by atoms with Crippen molar-refractivity contribution in [2.24, 2.45) is 12.0 Å². The van der Waals surface area contributed by atoms with Gasteiger partial charge in [0.05, 0.1) is 13.1 Å². The summed E-state index contributed by atoms with van der Waals surface area (Å²) < 4.78 is 2.15. The highest BCUT2D eigenvalue weighted by molar-refractivity contribution is 14.0. The SMILES string of the molecule is CCNC(=NCc1cccc(CN(C)CC)c1)N(C)Cc1cccn1C.I. The predicted octanol–water partition coefficient (Wildman–Crippen LogP) is 3.69. The topological polar surface area (TPSA) is 35.8 Å². The van der Waals surface area contributed by atoms with Crippen LogP contribution in [0.3, 0.4) is 0 Å². The molecule has 2 aromatic rings. The van der Waals surface area contributed by atoms with Crippen LogP contribution < -0.4 is 5.32 Å². The summed E-state index contributed by atoms with van der Waals surface area (Å²) in [4.78, 5) is 9.32. The van der Waals surface area contributed by atoms with E-state index in [4.69, 9.17) is 4.99 Å². The lowest BCUT2D eigenvalue weighted by Crippen LogP contribution is -2.38. The molecular weight excluding hydrogens is 449 g/mol. The van der Waals surface area contributed by atoms with Gasteiger partial charge in [-0.25, -0.2) is 4.99 Å². The normalized spacial score (nSPS) is 11.4. The molecule has 6 heteroatoms. The van der Waals surface area contributed by atoms with E-state index >= 15 is 0 Å². The van der Waals surface area contributed by atoms with E-state index in [9.17, 15) is 0 Å². The Labute approximate surface area is 181 Å². The van der Waals surface area contributed by atoms with E-state index in [1.807, 2.05) is 0 Å². The van der Waals surface area contributed by atoms with Crippen LogP contribution in [-0.4, -0.2) is 47.5 Å². The molecule has 150 valence electrons. The van der Waals surface area contributed by atoms with E-state index in [0.29, 0.717) is 6.54 Å². The highest BCUT2D eigenvalue weighted by Gasteiger charge is 2.08. The number of aliphatic imine (C=N–C) groups is 1. The Morgan fingerprint density at radius 3 is 2.44 bits per heavy atom. The summed E-state index contributed by atoms with van der Waals surface area (Å²) >= 11 is 0. The van der Waals surface area contributed by atoms with E-state index in [1.54, 1.807) is 0 Å². The Bertz CT molecular complexity index is 710. The third kappa shape index (κ3) is 7.54. The van der Waals surface area contributed by atoms with Gasteiger partial charge in [-0.15, -0.1) is 24.0 Å². The van der Waals surface area contributed by atoms with Crippen LogP contribution in [0.4, 0.5) is 0 Å². The fourth-order valence-corrected chi connectivity index (χ4v) is 2.86. The van der Waals surface area contributed by atoms with Crippen molar-refractivity contribution >= 4 is 29.9 Å². The van der Waals surface area contributed by atoms with Gasteiger partial charge in [0.25, 0.3) is 0 Å². The van der Waals surface area contributed by atoms with Crippen LogP contribution in [0.2, 0.25) is 0 Å². The van der Waals surface area contributed by atoms with Crippen molar-refractivity contribution in [2.45, 2.75) is 33.5 Å². The van der Waals surface area contributed by atoms with Crippen molar-refractivity contribution in [3.05, 3.63) is 59.4 Å². The first-order valence-corrected chi connectivity index (χ1v) is 9.39. The average Bonchev–Trinajstić information content (AvgIpc) is 3.03. The minimum atomic E-state index is 0. The molecule has 0 fully saturated rings. The summed E-state index contributed by atoms with van der Waals surface area (Å²) in [7, 11) is 6.31. The zero-order valence-electron chi connectivity index (χ0n) is 17.3. The molecule has 0 bridgehead atoms. The number of rotatable bonds is 8. The lowest BCUT2D eigenvalue weighted by Gasteiger charge is -2.22. The van der Waals surface area contributed by atoms with Gasteiger partial charge >= 0.3 is 0 Å². The van der Waals surface area contributed by atoms with Crippen LogP contribution in [0.1, 0.15) is 30.7 Å². The summed E-state index contributed by atoms with van der Waals surface area (Å²) in [5, 5.41) is 3.40. The highest BCUT2D eigenvalue weighted by atomic mass is 127. The van der Waals surface area contributed by atoms with E-state index in [-0.39, 0.29) is 24.0 Å². The number of hydrogen-bond donors (Lipinski definition) is 1. The maximum Gasteiger partial charge on any atom is 0.194 e. The summed E-state index contributed by atoms with van der Waals surface area (Å²) in [6, 6.07) is 13.0. The Morgan fingerprint density at radius 2 is 1.81 bits per heavy atom. The standard InChI is InChI=1S/C21H33N5.HI/c1-6-22-21(26(5)17-20-12-9-13-25(20)4)23-15-18-10-8-11-19(14-18)16-24(3)7-2;/h8-14H,6-7,15-17H2,1-5H3,(H,22,23);1H. The molecule has 0 radical (unpaired) electrons. The second kappa shape index (κ2) is 12.0. The van der Waals surface area contributed by atoms with Gasteiger partial charge in [-0.1, -0.05) is 31.2 Å². The van der Waals surface area contributed by atoms with Crippen LogP contribution in [0.15, 0.2) is 47.6 Å². The predicted molar refractivity (Wildman–Crippen MR) is 126 cm³/mol. The van der Waals surface area contributed by atoms with E-state index in [0.717, 1.165) is 32.1 Å². The van der Waals surface area contributed by atoms with E-state index in [1.165, 1.54) is 16.8 Å². The molecule has 1 aromatic heterocycles. The van der Waals surface area contributed by atoms with E-state index in [2.05, 4.69) is 97.3 Å². The van der Waals surface area contributed by atoms with Gasteiger partial charge in [-0.05, 0) is 43.8 Å². The number of hydrogen-bond acceptors (Lipinski definition) is 2. The molecule has 0 saturated heterocycles. The maximum atomic E-state index is 4.84. The smallest absolute Gasteiger partial charge is 0.194 e. The Kier molecular flexibility index (Phi) is 10.5. The van der Waals surface area contributed by atoms with Crippen LogP contribution in [0.5, 0.6) is 0 Å². The van der Waals surface area contributed by atoms with Crippen molar-refractivity contribution < 1.29 is 0 Å². The van der Waals surface area contributed by atoms with Crippen molar-refractivity contribution in [1.29, 1.82) is 0 Å². The third-order valence-corrected chi connectivity index (χ3v) is 4.54. The zero-order valence-corrected chi connectivity index (χ0v) is 19.6. The molecule has 0 atom stereocenters. The number of guanidine groups is 1. The first-order chi connectivity index (χ1) is 12.5. The molecule has 2 rings (SSSR count). The number of nitrogens with zero attached hydrogens (tertiary/aromatic N) is 4. The first kappa shape index (κ1) is 23.5. The number of aryl methyl sites for hydroxylation is 1. The molecule has 1 N–H and O–H groups in total. The van der Waals surface area contributed by atoms with Gasteiger partial charge < -0.3 is 19.7 Å². The van der Waals surface area contributed by atoms with E-state index < -0.39 is 0 Å². The lowest BCUT2D eigenvalue weighted by atomic mass is 10.1. The molecule has 0 aliphatic rings.